The van der Waals surface area contributed by atoms with Crippen molar-refractivity contribution in [3.8, 4) is 5.75 Å². The Morgan fingerprint density at radius 1 is 0.923 bits per heavy atom. The first-order valence-corrected chi connectivity index (χ1v) is 14.8. The maximum Gasteiger partial charge on any atom is 0.264 e. The summed E-state index contributed by atoms with van der Waals surface area (Å²) in [6.07, 6.45) is 4.11. The van der Waals surface area contributed by atoms with Crippen LogP contribution in [-0.4, -0.2) is 51.4 Å². The molecule has 1 N–H and O–H groups in total. The number of rotatable bonds is 8. The van der Waals surface area contributed by atoms with Gasteiger partial charge in [-0.2, -0.15) is 0 Å². The van der Waals surface area contributed by atoms with Gasteiger partial charge in [0.25, 0.3) is 15.9 Å². The molecule has 0 saturated carbocycles. The minimum Gasteiger partial charge on any atom is -0.483 e. The van der Waals surface area contributed by atoms with Crippen molar-refractivity contribution in [3.63, 3.8) is 0 Å². The quantitative estimate of drug-likeness (QED) is 0.453. The van der Waals surface area contributed by atoms with Crippen molar-refractivity contribution in [2.75, 3.05) is 35.9 Å². The summed E-state index contributed by atoms with van der Waals surface area (Å²) >= 11 is 0. The fourth-order valence-electron chi connectivity index (χ4n) is 5.12. The van der Waals surface area contributed by atoms with Gasteiger partial charge in [0.2, 0.25) is 5.91 Å². The van der Waals surface area contributed by atoms with Gasteiger partial charge in [-0.3, -0.25) is 13.9 Å². The molecule has 2 heterocycles. The molecule has 0 bridgehead atoms. The van der Waals surface area contributed by atoms with Crippen molar-refractivity contribution in [1.82, 2.24) is 4.90 Å². The highest BCUT2D eigenvalue weighted by Gasteiger charge is 2.29. The molecule has 8 nitrogen and oxygen atoms in total. The Morgan fingerprint density at radius 3 is 2.41 bits per heavy atom. The molecular weight excluding hydrogens is 514 g/mol. The Bertz CT molecular complexity index is 1460. The van der Waals surface area contributed by atoms with E-state index in [1.807, 2.05) is 41.3 Å². The number of carbonyl (C=O) groups is 2. The highest BCUT2D eigenvalue weighted by Crippen LogP contribution is 2.33. The van der Waals surface area contributed by atoms with E-state index in [9.17, 15) is 18.0 Å². The molecule has 9 heteroatoms. The fraction of sp³-hybridized carbons (Fsp3) is 0.333. The first-order valence-electron chi connectivity index (χ1n) is 13.3. The predicted molar refractivity (Wildman–Crippen MR) is 151 cm³/mol. The molecule has 5 rings (SSSR count). The molecule has 0 atom stereocenters. The molecule has 3 aromatic rings. The summed E-state index contributed by atoms with van der Waals surface area (Å²) < 4.78 is 34.0. The number of benzene rings is 3. The number of likely N-dealkylation sites (tertiary alicyclic amines) is 1. The number of amides is 2. The van der Waals surface area contributed by atoms with E-state index in [0.717, 1.165) is 55.6 Å². The van der Waals surface area contributed by atoms with Crippen LogP contribution >= 0.6 is 0 Å². The maximum absolute atomic E-state index is 13.4. The van der Waals surface area contributed by atoms with Gasteiger partial charge in [-0.05, 0) is 85.7 Å². The largest absolute Gasteiger partial charge is 0.483 e. The van der Waals surface area contributed by atoms with Crippen LogP contribution < -0.4 is 14.4 Å². The van der Waals surface area contributed by atoms with Crippen LogP contribution in [0, 0.1) is 6.92 Å². The molecule has 204 valence electrons. The molecule has 2 amide bonds. The summed E-state index contributed by atoms with van der Waals surface area (Å²) in [5.41, 5.74) is 3.90. The van der Waals surface area contributed by atoms with Gasteiger partial charge in [0.1, 0.15) is 5.75 Å². The zero-order valence-corrected chi connectivity index (χ0v) is 22.9. The van der Waals surface area contributed by atoms with Crippen LogP contribution in [0.4, 0.5) is 11.4 Å². The number of fused-ring (bicyclic) bond motifs is 1. The molecule has 0 radical (unpaired) electrons. The molecular formula is C30H33N3O5S. The standard InChI is InChI=1S/C30H33N3O5S/c1-22-19-26(39(36,37)33-18-6-8-24-7-2-3-9-27(24)33)14-15-28(22)38-21-29(34)31-25-12-10-23(11-13-25)20-30(35)32-16-4-5-17-32/h2-3,7,9-15,19H,4-6,8,16-18,20-21H2,1H3,(H,31,34). The number of para-hydroxylation sites is 1. The second-order valence-electron chi connectivity index (χ2n) is 10.0. The summed E-state index contributed by atoms with van der Waals surface area (Å²) in [4.78, 5) is 26.9. The first-order chi connectivity index (χ1) is 18.8. The van der Waals surface area contributed by atoms with Crippen molar-refractivity contribution in [3.05, 3.63) is 83.4 Å². The van der Waals surface area contributed by atoms with Gasteiger partial charge in [-0.25, -0.2) is 8.42 Å². The lowest BCUT2D eigenvalue weighted by atomic mass is 10.0. The monoisotopic (exact) mass is 547 g/mol. The number of carbonyl (C=O) groups excluding carboxylic acids is 2. The molecule has 39 heavy (non-hydrogen) atoms. The van der Waals surface area contributed by atoms with E-state index in [0.29, 0.717) is 30.0 Å². The second-order valence-corrected chi connectivity index (χ2v) is 11.9. The summed E-state index contributed by atoms with van der Waals surface area (Å²) in [6, 6.07) is 19.5. The highest BCUT2D eigenvalue weighted by atomic mass is 32.2. The lowest BCUT2D eigenvalue weighted by Gasteiger charge is -2.30. The van der Waals surface area contributed by atoms with Gasteiger partial charge in [-0.15, -0.1) is 0 Å². The Balaban J connectivity index is 1.17. The van der Waals surface area contributed by atoms with Gasteiger partial charge >= 0.3 is 0 Å². The van der Waals surface area contributed by atoms with Crippen LogP contribution in [0.25, 0.3) is 0 Å². The van der Waals surface area contributed by atoms with Crippen molar-refractivity contribution < 1.29 is 22.7 Å². The van der Waals surface area contributed by atoms with Crippen molar-refractivity contribution in [2.24, 2.45) is 0 Å². The minimum atomic E-state index is -3.73. The van der Waals surface area contributed by atoms with Crippen LogP contribution in [0.15, 0.2) is 71.6 Å². The molecule has 2 aliphatic rings. The van der Waals surface area contributed by atoms with Crippen LogP contribution in [0.1, 0.15) is 36.0 Å². The third kappa shape index (κ3) is 6.09. The van der Waals surface area contributed by atoms with Crippen LogP contribution in [0.3, 0.4) is 0 Å². The number of aryl methyl sites for hydroxylation is 2. The van der Waals surface area contributed by atoms with Crippen LogP contribution in [-0.2, 0) is 32.5 Å². The zero-order valence-electron chi connectivity index (χ0n) is 22.1. The molecule has 0 spiro atoms. The van der Waals surface area contributed by atoms with Crippen molar-refractivity contribution in [1.29, 1.82) is 0 Å². The zero-order chi connectivity index (χ0) is 27.4. The normalized spacial score (nSPS) is 15.1. The van der Waals surface area contributed by atoms with Crippen molar-refractivity contribution in [2.45, 2.75) is 43.9 Å². The molecule has 0 aliphatic carbocycles. The van der Waals surface area contributed by atoms with E-state index in [2.05, 4.69) is 5.32 Å². The molecule has 0 unspecified atom stereocenters. The number of anilines is 2. The second kappa shape index (κ2) is 11.5. The molecule has 1 fully saturated rings. The lowest BCUT2D eigenvalue weighted by molar-refractivity contribution is -0.129. The smallest absolute Gasteiger partial charge is 0.264 e. The number of ether oxygens (including phenoxy) is 1. The number of hydrogen-bond acceptors (Lipinski definition) is 5. The van der Waals surface area contributed by atoms with E-state index in [4.69, 9.17) is 4.74 Å². The number of hydrogen-bond donors (Lipinski definition) is 1. The van der Waals surface area contributed by atoms with Gasteiger partial charge in [0, 0.05) is 25.3 Å². The van der Waals surface area contributed by atoms with Crippen LogP contribution in [0.2, 0.25) is 0 Å². The Labute approximate surface area is 229 Å². The molecule has 1 saturated heterocycles. The molecule has 2 aliphatic heterocycles. The molecule has 0 aromatic heterocycles. The van der Waals surface area contributed by atoms with E-state index in [1.54, 1.807) is 31.2 Å². The minimum absolute atomic E-state index is 0.132. The Morgan fingerprint density at radius 2 is 1.67 bits per heavy atom. The Kier molecular flexibility index (Phi) is 7.88. The summed E-state index contributed by atoms with van der Waals surface area (Å²) in [5, 5.41) is 2.79. The van der Waals surface area contributed by atoms with Gasteiger partial charge in [0.05, 0.1) is 17.0 Å². The number of nitrogens with one attached hydrogen (secondary N) is 1. The third-order valence-electron chi connectivity index (χ3n) is 7.21. The first kappa shape index (κ1) is 26.7. The van der Waals surface area contributed by atoms with E-state index in [1.165, 1.54) is 10.4 Å². The maximum atomic E-state index is 13.4. The summed E-state index contributed by atoms with van der Waals surface area (Å²) in [7, 11) is -3.73. The number of nitrogens with zero attached hydrogens (tertiary/aromatic N) is 2. The highest BCUT2D eigenvalue weighted by molar-refractivity contribution is 7.92. The predicted octanol–water partition coefficient (Wildman–Crippen LogP) is 4.32. The average molecular weight is 548 g/mol. The van der Waals surface area contributed by atoms with E-state index < -0.39 is 10.0 Å². The lowest BCUT2D eigenvalue weighted by Crippen LogP contribution is -2.35. The third-order valence-corrected chi connectivity index (χ3v) is 9.02. The van der Waals surface area contributed by atoms with Crippen LogP contribution in [0.5, 0.6) is 5.75 Å². The average Bonchev–Trinajstić information content (AvgIpc) is 3.48. The molecule has 3 aromatic carbocycles. The van der Waals surface area contributed by atoms with Gasteiger partial charge in [0.15, 0.2) is 6.61 Å². The fourth-order valence-corrected chi connectivity index (χ4v) is 6.75. The number of sulfonamides is 1. The van der Waals surface area contributed by atoms with E-state index >= 15 is 0 Å². The van der Waals surface area contributed by atoms with Crippen molar-refractivity contribution >= 4 is 33.2 Å². The topological polar surface area (TPSA) is 96.0 Å². The Hall–Kier alpha value is -3.85. The van der Waals surface area contributed by atoms with Gasteiger partial charge < -0.3 is 15.0 Å². The van der Waals surface area contributed by atoms with Gasteiger partial charge in [-0.1, -0.05) is 30.3 Å². The van der Waals surface area contributed by atoms with E-state index in [-0.39, 0.29) is 23.3 Å². The summed E-state index contributed by atoms with van der Waals surface area (Å²) in [5.74, 6) is 0.239. The summed E-state index contributed by atoms with van der Waals surface area (Å²) in [6.45, 7) is 3.64. The SMILES string of the molecule is Cc1cc(S(=O)(=O)N2CCCc3ccccc32)ccc1OCC(=O)Nc1ccc(CC(=O)N2CCCC2)cc1.